The lowest BCUT2D eigenvalue weighted by Gasteiger charge is -2.23. The van der Waals surface area contributed by atoms with Crippen molar-refractivity contribution >= 4 is 14.6 Å². The first-order valence-electron chi connectivity index (χ1n) is 15.2. The maximum Gasteiger partial charge on any atom is 0.183 e. The van der Waals surface area contributed by atoms with E-state index in [4.69, 9.17) is 4.43 Å². The molecule has 0 aromatic heterocycles. The molecule has 0 aromatic rings. The van der Waals surface area contributed by atoms with Gasteiger partial charge in [0.15, 0.2) is 8.32 Å². The summed E-state index contributed by atoms with van der Waals surface area (Å²) in [4.78, 5) is 9.82. The highest BCUT2D eigenvalue weighted by molar-refractivity contribution is 6.69. The van der Waals surface area contributed by atoms with Crippen molar-refractivity contribution in [3.63, 3.8) is 0 Å². The van der Waals surface area contributed by atoms with Gasteiger partial charge in [-0.15, -0.1) is 6.58 Å². The van der Waals surface area contributed by atoms with Gasteiger partial charge < -0.3 is 9.22 Å². The molecule has 2 nitrogen and oxygen atoms in total. The Hall–Kier alpha value is -0.673. The Morgan fingerprint density at radius 2 is 1.63 bits per heavy atom. The van der Waals surface area contributed by atoms with Crippen LogP contribution in [0, 0.1) is 17.8 Å². The molecule has 1 aliphatic rings. The second-order valence-electron chi connectivity index (χ2n) is 11.7. The second kappa shape index (κ2) is 23.7. The molecule has 3 heteroatoms. The maximum absolute atomic E-state index is 9.82. The predicted molar refractivity (Wildman–Crippen MR) is 160 cm³/mol. The summed E-state index contributed by atoms with van der Waals surface area (Å²) < 4.78 is 6.14. The molecule has 0 bridgehead atoms. The molecular formula is C32H62O2Si. The molecule has 0 aromatic carbocycles. The van der Waals surface area contributed by atoms with Gasteiger partial charge in [0.25, 0.3) is 0 Å². The van der Waals surface area contributed by atoms with Crippen molar-refractivity contribution < 1.29 is 9.22 Å². The summed E-state index contributed by atoms with van der Waals surface area (Å²) in [5.41, 5.74) is 0. The molecule has 1 fully saturated rings. The van der Waals surface area contributed by atoms with Crippen molar-refractivity contribution in [3.8, 4) is 0 Å². The zero-order valence-electron chi connectivity index (χ0n) is 24.5. The molecule has 1 rings (SSSR count). The van der Waals surface area contributed by atoms with Crippen LogP contribution >= 0.6 is 0 Å². The second-order valence-corrected chi connectivity index (χ2v) is 16.2. The van der Waals surface area contributed by atoms with Crippen LogP contribution in [0.2, 0.25) is 19.6 Å². The number of aldehydes is 1. The number of rotatable bonds is 21. The van der Waals surface area contributed by atoms with Crippen LogP contribution in [-0.4, -0.2) is 21.2 Å². The molecule has 0 N–H and O–H groups in total. The molecule has 0 spiro atoms. The van der Waals surface area contributed by atoms with Gasteiger partial charge in [-0.1, -0.05) is 83.4 Å². The Morgan fingerprint density at radius 1 is 0.914 bits per heavy atom. The zero-order valence-corrected chi connectivity index (χ0v) is 25.5. The monoisotopic (exact) mass is 506 g/mol. The van der Waals surface area contributed by atoms with Crippen molar-refractivity contribution in [2.75, 3.05) is 6.61 Å². The normalized spacial score (nSPS) is 18.9. The summed E-state index contributed by atoms with van der Waals surface area (Å²) in [6.07, 6.45) is 31.3. The molecule has 35 heavy (non-hydrogen) atoms. The fourth-order valence-corrected chi connectivity index (χ4v) is 5.68. The van der Waals surface area contributed by atoms with Gasteiger partial charge >= 0.3 is 0 Å². The third-order valence-electron chi connectivity index (χ3n) is 7.32. The van der Waals surface area contributed by atoms with Crippen LogP contribution in [-0.2, 0) is 9.22 Å². The standard InChI is InChI=1S/C24H48OSi.C8H14O/c1-6-8-9-10-11-12-17-23-19-15-20-24(23)18-14-13-16-22(7-2)21-25-26(3,4)5;1-2-3-4-5-6-7-8-9/h12,17,22-24H,6-11,13-16,18-21H2,1-5H3;2,8H,1,3-7H2/t22?,23-,24-;/m0./s1. The minimum absolute atomic E-state index is 0.719. The van der Waals surface area contributed by atoms with Gasteiger partial charge in [0.2, 0.25) is 0 Å². The Bertz CT molecular complexity index is 498. The molecule has 0 heterocycles. The van der Waals surface area contributed by atoms with E-state index in [-0.39, 0.29) is 0 Å². The number of unbranched alkanes of at least 4 members (excludes halogenated alkanes) is 9. The topological polar surface area (TPSA) is 26.3 Å². The average molecular weight is 507 g/mol. The van der Waals surface area contributed by atoms with Crippen LogP contribution in [0.5, 0.6) is 0 Å². The van der Waals surface area contributed by atoms with Gasteiger partial charge in [-0.2, -0.15) is 0 Å². The number of carbonyl (C=O) groups excluding carboxylic acids is 1. The largest absolute Gasteiger partial charge is 0.417 e. The summed E-state index contributed by atoms with van der Waals surface area (Å²) in [5.74, 6) is 2.64. The number of hydrogen-bond acceptors (Lipinski definition) is 2. The van der Waals surface area contributed by atoms with E-state index >= 15 is 0 Å². The van der Waals surface area contributed by atoms with E-state index in [1.54, 1.807) is 0 Å². The van der Waals surface area contributed by atoms with Crippen LogP contribution in [0.15, 0.2) is 24.8 Å². The molecule has 1 aliphatic carbocycles. The Kier molecular flexibility index (Phi) is 23.3. The molecule has 0 radical (unpaired) electrons. The lowest BCUT2D eigenvalue weighted by atomic mass is 9.89. The van der Waals surface area contributed by atoms with Crippen LogP contribution in [0.4, 0.5) is 0 Å². The number of allylic oxidation sites excluding steroid dienone is 3. The summed E-state index contributed by atoms with van der Waals surface area (Å²) in [7, 11) is -1.35. The first-order valence-corrected chi connectivity index (χ1v) is 18.6. The van der Waals surface area contributed by atoms with Crippen molar-refractivity contribution in [1.29, 1.82) is 0 Å². The van der Waals surface area contributed by atoms with Gasteiger partial charge in [-0.25, -0.2) is 0 Å². The first kappa shape index (κ1) is 34.3. The minimum atomic E-state index is -1.35. The van der Waals surface area contributed by atoms with E-state index in [1.165, 1.54) is 89.9 Å². The highest BCUT2D eigenvalue weighted by Gasteiger charge is 2.24. The third-order valence-corrected chi connectivity index (χ3v) is 8.36. The van der Waals surface area contributed by atoms with Gasteiger partial charge in [-0.05, 0) is 95.2 Å². The molecule has 206 valence electrons. The molecule has 0 aliphatic heterocycles. The lowest BCUT2D eigenvalue weighted by molar-refractivity contribution is -0.107. The van der Waals surface area contributed by atoms with Crippen LogP contribution < -0.4 is 0 Å². The lowest BCUT2D eigenvalue weighted by Crippen LogP contribution is -2.28. The fraction of sp³-hybridized carbons (Fsp3) is 0.844. The molecule has 3 atom stereocenters. The number of hydrogen-bond donors (Lipinski definition) is 0. The highest BCUT2D eigenvalue weighted by atomic mass is 28.4. The van der Waals surface area contributed by atoms with Gasteiger partial charge in [0, 0.05) is 13.0 Å². The Labute approximate surface area is 221 Å². The molecule has 0 amide bonds. The molecule has 1 unspecified atom stereocenters. The van der Waals surface area contributed by atoms with Crippen molar-refractivity contribution in [2.24, 2.45) is 17.8 Å². The summed E-state index contributed by atoms with van der Waals surface area (Å²) in [6.45, 7) is 16.1. The SMILES string of the molecule is C=CCCCCCC=O.CCCCCCC=C[C@H]1CCC[C@@H]1CCCCC(CC)CO[Si](C)(C)C. The van der Waals surface area contributed by atoms with Crippen molar-refractivity contribution in [3.05, 3.63) is 24.8 Å². The highest BCUT2D eigenvalue weighted by Crippen LogP contribution is 2.36. The van der Waals surface area contributed by atoms with Gasteiger partial charge in [-0.3, -0.25) is 0 Å². The average Bonchev–Trinajstić information content (AvgIpc) is 3.28. The van der Waals surface area contributed by atoms with E-state index in [1.807, 2.05) is 6.08 Å². The molecule has 0 saturated heterocycles. The summed E-state index contributed by atoms with van der Waals surface area (Å²) in [5, 5.41) is 0. The predicted octanol–water partition coefficient (Wildman–Crippen LogP) is 10.7. The number of carbonyl (C=O) groups is 1. The Morgan fingerprint density at radius 3 is 2.29 bits per heavy atom. The third kappa shape index (κ3) is 22.3. The van der Waals surface area contributed by atoms with Gasteiger partial charge in [0.05, 0.1) is 0 Å². The van der Waals surface area contributed by atoms with Crippen molar-refractivity contribution in [1.82, 2.24) is 0 Å². The molecule has 1 saturated carbocycles. The van der Waals surface area contributed by atoms with Crippen molar-refractivity contribution in [2.45, 2.75) is 149 Å². The Balaban J connectivity index is 0.00000109. The van der Waals surface area contributed by atoms with E-state index in [0.29, 0.717) is 0 Å². The zero-order chi connectivity index (χ0) is 26.2. The van der Waals surface area contributed by atoms with E-state index in [0.717, 1.165) is 56.3 Å². The van der Waals surface area contributed by atoms with E-state index < -0.39 is 8.32 Å². The quantitative estimate of drug-likeness (QED) is 0.0669. The minimum Gasteiger partial charge on any atom is -0.417 e. The van der Waals surface area contributed by atoms with Gasteiger partial charge in [0.1, 0.15) is 6.29 Å². The summed E-state index contributed by atoms with van der Waals surface area (Å²) in [6, 6.07) is 0. The van der Waals surface area contributed by atoms with Crippen LogP contribution in [0.3, 0.4) is 0 Å². The van der Waals surface area contributed by atoms with E-state index in [2.05, 4.69) is 52.2 Å². The molecular weight excluding hydrogens is 444 g/mol. The van der Waals surface area contributed by atoms with Crippen LogP contribution in [0.25, 0.3) is 0 Å². The summed E-state index contributed by atoms with van der Waals surface area (Å²) >= 11 is 0. The first-order chi connectivity index (χ1) is 16.9. The fourth-order valence-electron chi connectivity index (χ4n) is 4.94. The maximum atomic E-state index is 9.82. The van der Waals surface area contributed by atoms with Crippen LogP contribution in [0.1, 0.15) is 129 Å². The van der Waals surface area contributed by atoms with E-state index in [9.17, 15) is 4.79 Å². The smallest absolute Gasteiger partial charge is 0.183 e.